The zero-order valence-corrected chi connectivity index (χ0v) is 19.2. The molecule has 2 rings (SSSR count). The number of hydrogen-bond donors (Lipinski definition) is 1. The number of likely N-dealkylation sites (tertiary alicyclic amines) is 1. The molecule has 0 atom stereocenters. The van der Waals surface area contributed by atoms with Crippen LogP contribution >= 0.6 is 35.7 Å². The Morgan fingerprint density at radius 2 is 2.08 bits per heavy atom. The van der Waals surface area contributed by atoms with Crippen LogP contribution in [0.2, 0.25) is 0 Å². The highest BCUT2D eigenvalue weighted by Gasteiger charge is 2.18. The molecule has 1 aromatic rings. The van der Waals surface area contributed by atoms with Gasteiger partial charge >= 0.3 is 0 Å². The van der Waals surface area contributed by atoms with Crippen molar-refractivity contribution < 1.29 is 4.79 Å². The molecule has 146 valence electrons. The second-order valence-electron chi connectivity index (χ2n) is 6.28. The fraction of sp³-hybridized carbons (Fsp3) is 0.579. The van der Waals surface area contributed by atoms with Gasteiger partial charge in [-0.15, -0.1) is 35.7 Å². The van der Waals surface area contributed by atoms with Gasteiger partial charge < -0.3 is 15.1 Å². The number of halogens is 1. The number of nitrogens with zero attached hydrogens (tertiary/aromatic N) is 3. The molecule has 0 bridgehead atoms. The summed E-state index contributed by atoms with van der Waals surface area (Å²) in [7, 11) is 2.06. The zero-order valence-electron chi connectivity index (χ0n) is 16.0. The molecule has 1 aromatic carbocycles. The van der Waals surface area contributed by atoms with Crippen molar-refractivity contribution in [3.8, 4) is 0 Å². The highest BCUT2D eigenvalue weighted by Crippen LogP contribution is 2.15. The third kappa shape index (κ3) is 7.34. The predicted octanol–water partition coefficient (Wildman–Crippen LogP) is 3.44. The molecule has 7 heteroatoms. The minimum atomic E-state index is 0. The summed E-state index contributed by atoms with van der Waals surface area (Å²) in [5.41, 5.74) is 1.27. The first-order valence-corrected chi connectivity index (χ1v) is 10.3. The van der Waals surface area contributed by atoms with Crippen molar-refractivity contribution in [2.45, 2.75) is 37.6 Å². The van der Waals surface area contributed by atoms with Gasteiger partial charge in [0.2, 0.25) is 5.91 Å². The number of benzene rings is 1. The molecule has 0 spiro atoms. The van der Waals surface area contributed by atoms with Crippen LogP contribution in [0.5, 0.6) is 0 Å². The second-order valence-corrected chi connectivity index (χ2v) is 7.16. The van der Waals surface area contributed by atoms with E-state index in [9.17, 15) is 4.79 Å². The fourth-order valence-corrected chi connectivity index (χ4v) is 3.34. The molecule has 5 nitrogen and oxygen atoms in total. The van der Waals surface area contributed by atoms with Gasteiger partial charge in [-0.1, -0.05) is 12.1 Å². The van der Waals surface area contributed by atoms with E-state index in [0.29, 0.717) is 12.3 Å². The van der Waals surface area contributed by atoms with Gasteiger partial charge in [-0.3, -0.25) is 9.79 Å². The molecule has 1 saturated heterocycles. The van der Waals surface area contributed by atoms with Crippen LogP contribution in [0.1, 0.15) is 31.7 Å². The van der Waals surface area contributed by atoms with Crippen LogP contribution in [0.15, 0.2) is 34.2 Å². The van der Waals surface area contributed by atoms with Crippen molar-refractivity contribution in [3.05, 3.63) is 29.8 Å². The third-order valence-corrected chi connectivity index (χ3v) is 5.04. The lowest BCUT2D eigenvalue weighted by molar-refractivity contribution is -0.127. The van der Waals surface area contributed by atoms with E-state index in [1.165, 1.54) is 10.5 Å². The number of nitrogens with one attached hydrogen (secondary N) is 1. The molecule has 1 heterocycles. The van der Waals surface area contributed by atoms with Crippen molar-refractivity contribution >= 4 is 47.6 Å². The van der Waals surface area contributed by atoms with E-state index in [1.54, 1.807) is 11.8 Å². The van der Waals surface area contributed by atoms with Crippen molar-refractivity contribution in [3.63, 3.8) is 0 Å². The molecule has 0 aromatic heterocycles. The van der Waals surface area contributed by atoms with Crippen LogP contribution in [0.3, 0.4) is 0 Å². The Kier molecular flexibility index (Phi) is 11.0. The van der Waals surface area contributed by atoms with E-state index >= 15 is 0 Å². The molecule has 1 fully saturated rings. The summed E-state index contributed by atoms with van der Waals surface area (Å²) in [6, 6.07) is 8.66. The highest BCUT2D eigenvalue weighted by atomic mass is 127. The number of aliphatic imine (C=N–C) groups is 1. The fourth-order valence-electron chi connectivity index (χ4n) is 2.94. The average Bonchev–Trinajstić information content (AvgIpc) is 3.03. The second kappa shape index (κ2) is 12.4. The summed E-state index contributed by atoms with van der Waals surface area (Å²) >= 11 is 1.76. The quantitative estimate of drug-likeness (QED) is 0.200. The monoisotopic (exact) mass is 490 g/mol. The molecule has 1 amide bonds. The van der Waals surface area contributed by atoms with Gasteiger partial charge in [-0.05, 0) is 43.7 Å². The van der Waals surface area contributed by atoms with E-state index in [4.69, 9.17) is 4.99 Å². The summed E-state index contributed by atoms with van der Waals surface area (Å²) in [6.45, 7) is 6.22. The van der Waals surface area contributed by atoms with Gasteiger partial charge in [0.15, 0.2) is 5.96 Å². The summed E-state index contributed by atoms with van der Waals surface area (Å²) in [5.74, 6) is 1.21. The molecule has 1 aliphatic heterocycles. The van der Waals surface area contributed by atoms with E-state index in [2.05, 4.69) is 54.7 Å². The predicted molar refractivity (Wildman–Crippen MR) is 122 cm³/mol. The molecule has 1 aliphatic rings. The van der Waals surface area contributed by atoms with Gasteiger partial charge in [0.1, 0.15) is 0 Å². The van der Waals surface area contributed by atoms with Crippen LogP contribution in [-0.2, 0) is 11.3 Å². The molecule has 0 radical (unpaired) electrons. The smallest absolute Gasteiger partial charge is 0.222 e. The molecule has 26 heavy (non-hydrogen) atoms. The van der Waals surface area contributed by atoms with E-state index in [0.717, 1.165) is 51.5 Å². The van der Waals surface area contributed by atoms with Crippen LogP contribution in [0.25, 0.3) is 0 Å². The Hall–Kier alpha value is -0.960. The Morgan fingerprint density at radius 3 is 2.65 bits per heavy atom. The van der Waals surface area contributed by atoms with Gasteiger partial charge in [0.25, 0.3) is 0 Å². The highest BCUT2D eigenvalue weighted by molar-refractivity contribution is 14.0. The standard InChI is InChI=1S/C19H30N4OS.HI/c1-4-20-19(21-12-6-14-23-13-5-7-18(23)24)22(2)15-16-8-10-17(25-3)11-9-16;/h8-11H,4-7,12-15H2,1-3H3,(H,20,21);1H. The lowest BCUT2D eigenvalue weighted by Gasteiger charge is -2.22. The number of carbonyl (C=O) groups is 1. The van der Waals surface area contributed by atoms with E-state index in [1.807, 2.05) is 4.90 Å². The third-order valence-electron chi connectivity index (χ3n) is 4.29. The lowest BCUT2D eigenvalue weighted by Crippen LogP contribution is -2.38. The van der Waals surface area contributed by atoms with Crippen molar-refractivity contribution in [1.82, 2.24) is 15.1 Å². The summed E-state index contributed by atoms with van der Waals surface area (Å²) in [4.78, 5) is 21.7. The topological polar surface area (TPSA) is 47.9 Å². The Morgan fingerprint density at radius 1 is 1.35 bits per heavy atom. The number of carbonyl (C=O) groups excluding carboxylic acids is 1. The SMILES string of the molecule is CCNC(=NCCCN1CCCC1=O)N(C)Cc1ccc(SC)cc1.I. The first-order chi connectivity index (χ1) is 12.1. The minimum absolute atomic E-state index is 0. The number of amides is 1. The molecule has 0 aliphatic carbocycles. The summed E-state index contributed by atoms with van der Waals surface area (Å²) in [6.07, 6.45) is 4.72. The Labute approximate surface area is 179 Å². The largest absolute Gasteiger partial charge is 0.357 e. The molecular weight excluding hydrogens is 459 g/mol. The number of hydrogen-bond acceptors (Lipinski definition) is 3. The van der Waals surface area contributed by atoms with Crippen molar-refractivity contribution in [2.75, 3.05) is 39.5 Å². The first-order valence-electron chi connectivity index (χ1n) is 9.04. The lowest BCUT2D eigenvalue weighted by atomic mass is 10.2. The number of thioether (sulfide) groups is 1. The molecule has 0 unspecified atom stereocenters. The molecular formula is C19H31IN4OS. The molecule has 0 saturated carbocycles. The van der Waals surface area contributed by atoms with Gasteiger partial charge in [0.05, 0.1) is 0 Å². The maximum absolute atomic E-state index is 11.6. The van der Waals surface area contributed by atoms with Crippen LogP contribution < -0.4 is 5.32 Å². The van der Waals surface area contributed by atoms with Gasteiger partial charge in [-0.2, -0.15) is 0 Å². The van der Waals surface area contributed by atoms with Crippen molar-refractivity contribution in [1.29, 1.82) is 0 Å². The Bertz CT molecular complexity index is 579. The van der Waals surface area contributed by atoms with Crippen LogP contribution in [-0.4, -0.2) is 61.1 Å². The van der Waals surface area contributed by atoms with Gasteiger partial charge in [-0.25, -0.2) is 0 Å². The maximum Gasteiger partial charge on any atom is 0.222 e. The molecule has 1 N–H and O–H groups in total. The normalized spacial score (nSPS) is 14.3. The maximum atomic E-state index is 11.6. The number of rotatable bonds is 8. The first kappa shape index (κ1) is 23.1. The van der Waals surface area contributed by atoms with Crippen LogP contribution in [0.4, 0.5) is 0 Å². The summed E-state index contributed by atoms with van der Waals surface area (Å²) < 4.78 is 0. The van der Waals surface area contributed by atoms with E-state index in [-0.39, 0.29) is 24.0 Å². The number of guanidine groups is 1. The van der Waals surface area contributed by atoms with Crippen molar-refractivity contribution in [2.24, 2.45) is 4.99 Å². The zero-order chi connectivity index (χ0) is 18.1. The Balaban J connectivity index is 0.00000338. The summed E-state index contributed by atoms with van der Waals surface area (Å²) in [5, 5.41) is 3.35. The van der Waals surface area contributed by atoms with E-state index < -0.39 is 0 Å². The minimum Gasteiger partial charge on any atom is -0.357 e. The average molecular weight is 490 g/mol. The van der Waals surface area contributed by atoms with Crippen LogP contribution in [0, 0.1) is 0 Å². The van der Waals surface area contributed by atoms with Gasteiger partial charge in [0, 0.05) is 51.1 Å².